The highest BCUT2D eigenvalue weighted by atomic mass is 28.3. The van der Waals surface area contributed by atoms with Gasteiger partial charge in [0.15, 0.2) is 0 Å². The Kier molecular flexibility index (Phi) is 7.39. The number of rotatable bonds is 4. The lowest BCUT2D eigenvalue weighted by Gasteiger charge is -2.32. The first-order valence-electron chi connectivity index (χ1n) is 17.3. The Morgan fingerprint density at radius 1 is 0.320 bits per heavy atom. The van der Waals surface area contributed by atoms with E-state index in [2.05, 4.69) is 206 Å². The maximum absolute atomic E-state index is 3.81. The molecule has 0 saturated heterocycles. The average molecular weight is 651 g/mol. The molecule has 0 radical (unpaired) electrons. The SMILES string of the molecule is C[Si](c1ccccc1)(c1ccccc1)c1c2ccccc2c(C#Cc2c3ccccc3c(-c3ccccc3)c3ccccc23)c2ccccc12. The molecule has 0 amide bonds. The van der Waals surface area contributed by atoms with Crippen molar-refractivity contribution in [3.05, 3.63) is 199 Å². The van der Waals surface area contributed by atoms with Gasteiger partial charge in [0, 0.05) is 11.1 Å². The van der Waals surface area contributed by atoms with Crippen molar-refractivity contribution in [1.29, 1.82) is 0 Å². The van der Waals surface area contributed by atoms with Crippen molar-refractivity contribution in [1.82, 2.24) is 0 Å². The van der Waals surface area contributed by atoms with Gasteiger partial charge in [0.2, 0.25) is 0 Å². The van der Waals surface area contributed by atoms with Crippen molar-refractivity contribution >= 4 is 66.7 Å². The number of benzene rings is 9. The predicted molar refractivity (Wildman–Crippen MR) is 218 cm³/mol. The second kappa shape index (κ2) is 12.4. The van der Waals surface area contributed by atoms with Crippen LogP contribution in [0.25, 0.3) is 54.2 Å². The van der Waals surface area contributed by atoms with Gasteiger partial charge in [-0.05, 0) is 69.8 Å². The van der Waals surface area contributed by atoms with E-state index in [0.29, 0.717) is 0 Å². The minimum Gasteiger partial charge on any atom is -0.0624 e. The van der Waals surface area contributed by atoms with Gasteiger partial charge in [-0.25, -0.2) is 0 Å². The van der Waals surface area contributed by atoms with Crippen molar-refractivity contribution in [3.8, 4) is 23.0 Å². The van der Waals surface area contributed by atoms with Gasteiger partial charge in [-0.3, -0.25) is 0 Å². The van der Waals surface area contributed by atoms with Gasteiger partial charge in [-0.2, -0.15) is 0 Å². The normalized spacial score (nSPS) is 11.5. The van der Waals surface area contributed by atoms with Crippen LogP contribution in [0.4, 0.5) is 0 Å². The summed E-state index contributed by atoms with van der Waals surface area (Å²) in [7, 11) is -2.48. The molecule has 50 heavy (non-hydrogen) atoms. The van der Waals surface area contributed by atoms with E-state index >= 15 is 0 Å². The van der Waals surface area contributed by atoms with E-state index in [1.54, 1.807) is 0 Å². The summed E-state index contributed by atoms with van der Waals surface area (Å²) < 4.78 is 0. The third-order valence-electron chi connectivity index (χ3n) is 10.4. The van der Waals surface area contributed by atoms with Crippen LogP contribution in [0.5, 0.6) is 0 Å². The van der Waals surface area contributed by atoms with E-state index in [1.807, 2.05) is 0 Å². The summed E-state index contributed by atoms with van der Waals surface area (Å²) in [5.41, 5.74) is 4.63. The minimum atomic E-state index is -2.48. The molecule has 9 rings (SSSR count). The molecule has 0 heterocycles. The molecule has 9 aromatic carbocycles. The van der Waals surface area contributed by atoms with Gasteiger partial charge >= 0.3 is 0 Å². The van der Waals surface area contributed by atoms with E-state index in [9.17, 15) is 0 Å². The zero-order valence-corrected chi connectivity index (χ0v) is 28.9. The molecule has 0 aromatic heterocycles. The van der Waals surface area contributed by atoms with Crippen LogP contribution in [0.3, 0.4) is 0 Å². The molecule has 0 fully saturated rings. The molecule has 234 valence electrons. The van der Waals surface area contributed by atoms with Crippen molar-refractivity contribution in [2.45, 2.75) is 6.55 Å². The predicted octanol–water partition coefficient (Wildman–Crippen LogP) is 10.5. The number of hydrogen-bond donors (Lipinski definition) is 0. The van der Waals surface area contributed by atoms with Crippen LogP contribution in [0.2, 0.25) is 6.55 Å². The van der Waals surface area contributed by atoms with Gasteiger partial charge < -0.3 is 0 Å². The molecule has 0 unspecified atom stereocenters. The van der Waals surface area contributed by atoms with Crippen LogP contribution in [-0.2, 0) is 0 Å². The fraction of sp³-hybridized carbons (Fsp3) is 0.0204. The fourth-order valence-corrected chi connectivity index (χ4v) is 12.2. The first-order chi connectivity index (χ1) is 24.7. The Hall–Kier alpha value is -6.20. The summed E-state index contributed by atoms with van der Waals surface area (Å²) in [5, 5.41) is 14.0. The van der Waals surface area contributed by atoms with Gasteiger partial charge in [-0.1, -0.05) is 206 Å². The van der Waals surface area contributed by atoms with Crippen molar-refractivity contribution in [3.63, 3.8) is 0 Å². The molecule has 0 aliphatic heterocycles. The summed E-state index contributed by atoms with van der Waals surface area (Å²) in [5.74, 6) is 7.61. The molecule has 0 nitrogen and oxygen atoms in total. The molecule has 0 aliphatic carbocycles. The first kappa shape index (κ1) is 29.9. The topological polar surface area (TPSA) is 0 Å². The van der Waals surface area contributed by atoms with Crippen LogP contribution in [-0.4, -0.2) is 8.07 Å². The van der Waals surface area contributed by atoms with Crippen LogP contribution in [0.1, 0.15) is 11.1 Å². The Labute approximate surface area is 294 Å². The Morgan fingerprint density at radius 3 is 1.02 bits per heavy atom. The average Bonchev–Trinajstić information content (AvgIpc) is 3.19. The van der Waals surface area contributed by atoms with Gasteiger partial charge in [0.05, 0.1) is 0 Å². The van der Waals surface area contributed by atoms with Gasteiger partial charge in [0.25, 0.3) is 0 Å². The van der Waals surface area contributed by atoms with Crippen LogP contribution >= 0.6 is 0 Å². The molecule has 0 saturated carbocycles. The van der Waals surface area contributed by atoms with Gasteiger partial charge in [0.1, 0.15) is 8.07 Å². The lowest BCUT2D eigenvalue weighted by Crippen LogP contribution is -2.65. The zero-order chi connectivity index (χ0) is 33.5. The summed E-state index contributed by atoms with van der Waals surface area (Å²) in [6.45, 7) is 2.52. The zero-order valence-electron chi connectivity index (χ0n) is 27.9. The molecule has 0 bridgehead atoms. The minimum absolute atomic E-state index is 1.07. The van der Waals surface area contributed by atoms with Crippen molar-refractivity contribution in [2.24, 2.45) is 0 Å². The molecule has 9 aromatic rings. The third kappa shape index (κ3) is 4.77. The summed E-state index contributed by atoms with van der Waals surface area (Å²) in [6, 6.07) is 68.4. The number of fused-ring (bicyclic) bond motifs is 4. The van der Waals surface area contributed by atoms with E-state index < -0.39 is 8.07 Å². The largest absolute Gasteiger partial charge is 0.147 e. The molecular formula is C49H34Si. The standard InChI is InChI=1S/C49H34Si/c1-50(36-21-7-3-8-22-36,37-23-9-4-10-24-37)49-46-31-17-13-27-40(46)43(41-28-14-18-32-47(41)49)34-33-42-38-25-11-15-29-44(38)48(35-19-5-2-6-20-35)45-30-16-12-26-39(42)45/h2-32H,1H3. The number of hydrogen-bond acceptors (Lipinski definition) is 0. The Morgan fingerprint density at radius 2 is 0.620 bits per heavy atom. The second-order valence-corrected chi connectivity index (χ2v) is 17.1. The second-order valence-electron chi connectivity index (χ2n) is 13.2. The summed E-state index contributed by atoms with van der Waals surface area (Å²) in [6.07, 6.45) is 0. The van der Waals surface area contributed by atoms with Crippen LogP contribution in [0, 0.1) is 11.8 Å². The van der Waals surface area contributed by atoms with Crippen LogP contribution in [0.15, 0.2) is 188 Å². The molecule has 0 N–H and O–H groups in total. The van der Waals surface area contributed by atoms with Crippen molar-refractivity contribution in [2.75, 3.05) is 0 Å². The summed E-state index contributed by atoms with van der Waals surface area (Å²) >= 11 is 0. The van der Waals surface area contributed by atoms with E-state index in [1.165, 1.54) is 69.8 Å². The van der Waals surface area contributed by atoms with Crippen LogP contribution < -0.4 is 15.6 Å². The lowest BCUT2D eigenvalue weighted by atomic mass is 9.88. The monoisotopic (exact) mass is 650 g/mol. The maximum Gasteiger partial charge on any atom is 0.147 e. The first-order valence-corrected chi connectivity index (χ1v) is 19.8. The molecule has 1 heteroatoms. The summed E-state index contributed by atoms with van der Waals surface area (Å²) in [4.78, 5) is 0. The quantitative estimate of drug-likeness (QED) is 0.0770. The van der Waals surface area contributed by atoms with E-state index in [0.717, 1.165) is 11.1 Å². The fourth-order valence-electron chi connectivity index (χ4n) is 8.10. The smallest absolute Gasteiger partial charge is 0.0624 e. The molecule has 0 aliphatic rings. The highest BCUT2D eigenvalue weighted by Crippen LogP contribution is 2.39. The highest BCUT2D eigenvalue weighted by Gasteiger charge is 2.37. The third-order valence-corrected chi connectivity index (χ3v) is 15.0. The Bertz CT molecular complexity index is 2600. The molecular weight excluding hydrogens is 617 g/mol. The molecule has 0 spiro atoms. The van der Waals surface area contributed by atoms with Gasteiger partial charge in [-0.15, -0.1) is 0 Å². The maximum atomic E-state index is 3.81. The lowest BCUT2D eigenvalue weighted by molar-refractivity contribution is 1.66. The van der Waals surface area contributed by atoms with Crippen molar-refractivity contribution < 1.29 is 0 Å². The Balaban J connectivity index is 1.36. The highest BCUT2D eigenvalue weighted by molar-refractivity contribution is 7.12. The van der Waals surface area contributed by atoms with E-state index in [-0.39, 0.29) is 0 Å². The van der Waals surface area contributed by atoms with E-state index in [4.69, 9.17) is 0 Å². The molecule has 0 atom stereocenters.